The maximum absolute atomic E-state index is 14.0. The van der Waals surface area contributed by atoms with E-state index in [9.17, 15) is 4.79 Å². The first-order valence-electron chi connectivity index (χ1n) is 11.4. The van der Waals surface area contributed by atoms with Crippen molar-refractivity contribution in [3.05, 3.63) is 93.5 Å². The van der Waals surface area contributed by atoms with Gasteiger partial charge in [0.2, 0.25) is 6.79 Å². The van der Waals surface area contributed by atoms with E-state index in [4.69, 9.17) is 36.0 Å². The van der Waals surface area contributed by atoms with E-state index in [0.29, 0.717) is 56.6 Å². The minimum atomic E-state index is -0.202. The predicted octanol–water partition coefficient (Wildman–Crippen LogP) is 5.02. The number of halogens is 1. The Balaban J connectivity index is 1.57. The first kappa shape index (κ1) is 20.9. The highest BCUT2D eigenvalue weighted by Gasteiger charge is 2.24. The summed E-state index contributed by atoms with van der Waals surface area (Å²) in [4.78, 5) is 28.7. The van der Waals surface area contributed by atoms with E-state index in [0.717, 1.165) is 16.8 Å². The lowest BCUT2D eigenvalue weighted by molar-refractivity contribution is 0.174. The molecule has 4 heterocycles. The van der Waals surface area contributed by atoms with Gasteiger partial charge in [0.1, 0.15) is 16.7 Å². The quantitative estimate of drug-likeness (QED) is 0.342. The van der Waals surface area contributed by atoms with Crippen molar-refractivity contribution < 1.29 is 9.47 Å². The van der Waals surface area contributed by atoms with Crippen LogP contribution in [-0.4, -0.2) is 30.9 Å². The maximum Gasteiger partial charge on any atom is 0.265 e. The molecule has 0 N–H and O–H groups in total. The molecular weight excluding hydrogens is 478 g/mol. The van der Waals surface area contributed by atoms with Crippen LogP contribution < -0.4 is 15.0 Å². The molecular formula is C27H18ClN5O3. The first-order chi connectivity index (χ1) is 17.6. The van der Waals surface area contributed by atoms with Gasteiger partial charge in [-0.1, -0.05) is 41.9 Å². The standard InChI is InChI=1S/C27H18ClN5O3/c1-15-29-25-23(27(34)32(15)13-16-6-2-3-7-18(16)28)24-26(31-20-9-5-4-8-19(20)30-24)33(25)17-10-11-21-22(12-17)36-14-35-21/h2-12H,13-14H2,1H3. The van der Waals surface area contributed by atoms with Gasteiger partial charge in [-0.15, -0.1) is 0 Å². The van der Waals surface area contributed by atoms with Gasteiger partial charge in [0.15, 0.2) is 22.8 Å². The number of hydrogen-bond acceptors (Lipinski definition) is 6. The Labute approximate surface area is 209 Å². The SMILES string of the molecule is Cc1nc2c(c(=O)n1Cc1ccccc1Cl)c1nc3ccccc3nc1n2-c1ccc2c(c1)OCO2. The number of ether oxygens (including phenoxy) is 2. The number of aromatic nitrogens is 5. The summed E-state index contributed by atoms with van der Waals surface area (Å²) in [5.74, 6) is 1.85. The second kappa shape index (κ2) is 7.79. The normalized spacial score (nSPS) is 12.7. The fourth-order valence-corrected chi connectivity index (χ4v) is 4.88. The van der Waals surface area contributed by atoms with Gasteiger partial charge >= 0.3 is 0 Å². The zero-order valence-electron chi connectivity index (χ0n) is 19.1. The van der Waals surface area contributed by atoms with Gasteiger partial charge in [-0.2, -0.15) is 0 Å². The van der Waals surface area contributed by atoms with E-state index < -0.39 is 0 Å². The van der Waals surface area contributed by atoms with Crippen LogP contribution >= 0.6 is 11.6 Å². The van der Waals surface area contributed by atoms with Crippen molar-refractivity contribution in [3.63, 3.8) is 0 Å². The van der Waals surface area contributed by atoms with Crippen LogP contribution in [-0.2, 0) is 6.54 Å². The molecule has 3 aromatic carbocycles. The van der Waals surface area contributed by atoms with Gasteiger partial charge in [-0.3, -0.25) is 13.9 Å². The van der Waals surface area contributed by atoms with E-state index in [1.165, 1.54) is 0 Å². The van der Waals surface area contributed by atoms with Crippen molar-refractivity contribution in [2.24, 2.45) is 0 Å². The summed E-state index contributed by atoms with van der Waals surface area (Å²) in [7, 11) is 0. The van der Waals surface area contributed by atoms with Crippen LogP contribution in [0.15, 0.2) is 71.5 Å². The molecule has 8 nitrogen and oxygen atoms in total. The van der Waals surface area contributed by atoms with E-state index in [2.05, 4.69) is 0 Å². The van der Waals surface area contributed by atoms with E-state index in [1.807, 2.05) is 78.2 Å². The number of para-hydroxylation sites is 2. The Hall–Kier alpha value is -4.43. The van der Waals surface area contributed by atoms with Gasteiger partial charge in [-0.25, -0.2) is 15.0 Å². The summed E-state index contributed by atoms with van der Waals surface area (Å²) in [5.41, 5.74) is 4.33. The van der Waals surface area contributed by atoms with Crippen molar-refractivity contribution in [1.29, 1.82) is 0 Å². The molecule has 176 valence electrons. The summed E-state index contributed by atoms with van der Waals surface area (Å²) in [6, 6.07) is 20.7. The highest BCUT2D eigenvalue weighted by Crippen LogP contribution is 2.36. The number of benzene rings is 3. The van der Waals surface area contributed by atoms with Crippen LogP contribution in [0.25, 0.3) is 38.9 Å². The van der Waals surface area contributed by atoms with Gasteiger partial charge < -0.3 is 9.47 Å². The predicted molar refractivity (Wildman–Crippen MR) is 137 cm³/mol. The highest BCUT2D eigenvalue weighted by atomic mass is 35.5. The van der Waals surface area contributed by atoms with E-state index >= 15 is 0 Å². The smallest absolute Gasteiger partial charge is 0.265 e. The lowest BCUT2D eigenvalue weighted by Crippen LogP contribution is -2.24. The maximum atomic E-state index is 14.0. The summed E-state index contributed by atoms with van der Waals surface area (Å²) in [6.07, 6.45) is 0. The summed E-state index contributed by atoms with van der Waals surface area (Å²) < 4.78 is 14.6. The molecule has 0 aliphatic carbocycles. The molecule has 1 aliphatic heterocycles. The third-order valence-corrected chi connectivity index (χ3v) is 6.82. The topological polar surface area (TPSA) is 84.1 Å². The number of nitrogens with zero attached hydrogens (tertiary/aromatic N) is 5. The Kier molecular flexibility index (Phi) is 4.52. The van der Waals surface area contributed by atoms with Crippen LogP contribution in [0, 0.1) is 6.92 Å². The van der Waals surface area contributed by atoms with Crippen molar-refractivity contribution in [3.8, 4) is 17.2 Å². The number of aryl methyl sites for hydroxylation is 1. The highest BCUT2D eigenvalue weighted by molar-refractivity contribution is 6.31. The minimum absolute atomic E-state index is 0.167. The van der Waals surface area contributed by atoms with E-state index in [-0.39, 0.29) is 12.4 Å². The molecule has 1 aliphatic rings. The average molecular weight is 496 g/mol. The molecule has 0 saturated carbocycles. The third-order valence-electron chi connectivity index (χ3n) is 6.45. The third kappa shape index (κ3) is 3.08. The van der Waals surface area contributed by atoms with Gasteiger partial charge in [-0.05, 0) is 42.8 Å². The van der Waals surface area contributed by atoms with Crippen LogP contribution in [0.1, 0.15) is 11.4 Å². The minimum Gasteiger partial charge on any atom is -0.454 e. The summed E-state index contributed by atoms with van der Waals surface area (Å²) in [6.45, 7) is 2.28. The Morgan fingerprint density at radius 1 is 0.889 bits per heavy atom. The first-order valence-corrected chi connectivity index (χ1v) is 11.8. The van der Waals surface area contributed by atoms with Crippen LogP contribution in [0.4, 0.5) is 0 Å². The van der Waals surface area contributed by atoms with Crippen LogP contribution in [0.5, 0.6) is 11.5 Å². The molecule has 9 heteroatoms. The Morgan fingerprint density at radius 2 is 1.64 bits per heavy atom. The zero-order valence-corrected chi connectivity index (χ0v) is 19.9. The molecule has 0 unspecified atom stereocenters. The average Bonchev–Trinajstić information content (AvgIpc) is 3.47. The number of fused-ring (bicyclic) bond motifs is 5. The monoisotopic (exact) mass is 495 g/mol. The fourth-order valence-electron chi connectivity index (χ4n) is 4.68. The van der Waals surface area contributed by atoms with Crippen molar-refractivity contribution in [2.75, 3.05) is 6.79 Å². The molecule has 0 bridgehead atoms. The van der Waals surface area contributed by atoms with E-state index in [1.54, 1.807) is 4.57 Å². The molecule has 36 heavy (non-hydrogen) atoms. The molecule has 0 saturated heterocycles. The molecule has 7 rings (SSSR count). The van der Waals surface area contributed by atoms with Gasteiger partial charge in [0, 0.05) is 11.1 Å². The second-order valence-corrected chi connectivity index (χ2v) is 9.01. The van der Waals surface area contributed by atoms with Crippen LogP contribution in [0.2, 0.25) is 5.02 Å². The zero-order chi connectivity index (χ0) is 24.4. The van der Waals surface area contributed by atoms with Gasteiger partial charge in [0.05, 0.1) is 23.3 Å². The van der Waals surface area contributed by atoms with Gasteiger partial charge in [0.25, 0.3) is 5.56 Å². The fraction of sp³-hybridized carbons (Fsp3) is 0.111. The molecule has 0 spiro atoms. The van der Waals surface area contributed by atoms with Crippen LogP contribution in [0.3, 0.4) is 0 Å². The number of rotatable bonds is 3. The molecule has 6 aromatic rings. The second-order valence-electron chi connectivity index (χ2n) is 8.60. The largest absolute Gasteiger partial charge is 0.454 e. The van der Waals surface area contributed by atoms with Crippen molar-refractivity contribution >= 4 is 44.8 Å². The molecule has 0 amide bonds. The molecule has 0 atom stereocenters. The molecule has 0 radical (unpaired) electrons. The van der Waals surface area contributed by atoms with Crippen molar-refractivity contribution in [1.82, 2.24) is 24.1 Å². The Bertz CT molecular complexity index is 1910. The molecule has 3 aromatic heterocycles. The number of hydrogen-bond donors (Lipinski definition) is 0. The summed E-state index contributed by atoms with van der Waals surface area (Å²) >= 11 is 6.40. The lowest BCUT2D eigenvalue weighted by Gasteiger charge is -2.12. The lowest BCUT2D eigenvalue weighted by atomic mass is 10.2. The molecule has 0 fully saturated rings. The van der Waals surface area contributed by atoms with Crippen molar-refractivity contribution in [2.45, 2.75) is 13.5 Å². The summed E-state index contributed by atoms with van der Waals surface area (Å²) in [5, 5.41) is 0.996. The Morgan fingerprint density at radius 3 is 2.47 bits per heavy atom.